The Morgan fingerprint density at radius 1 is 0.893 bits per heavy atom. The highest BCUT2D eigenvalue weighted by atomic mass is 35.5. The van der Waals surface area contributed by atoms with Gasteiger partial charge in [0.2, 0.25) is 0 Å². The molecule has 0 aliphatic carbocycles. The van der Waals surface area contributed by atoms with Crippen LogP contribution in [0.2, 0.25) is 10.0 Å². The number of halogens is 2. The predicted octanol–water partition coefficient (Wildman–Crippen LogP) is 6.77. The summed E-state index contributed by atoms with van der Waals surface area (Å²) in [5.74, 6) is -0.0841. The van der Waals surface area contributed by atoms with Gasteiger partial charge in [0.15, 0.2) is 0 Å². The Bertz CT molecular complexity index is 1120. The largest absolute Gasteiger partial charge is 0.276 e. The van der Waals surface area contributed by atoms with Crippen LogP contribution in [-0.4, -0.2) is 5.91 Å². The van der Waals surface area contributed by atoms with Crippen LogP contribution in [0.3, 0.4) is 0 Å². The minimum absolute atomic E-state index is 0.0841. The maximum atomic E-state index is 13.4. The van der Waals surface area contributed by atoms with Gasteiger partial charge in [-0.25, -0.2) is 0 Å². The molecule has 3 aromatic rings. The minimum Gasteiger partial charge on any atom is -0.276 e. The number of carbonyl (C=O) groups is 1. The molecule has 1 aliphatic heterocycles. The molecule has 138 valence electrons. The van der Waals surface area contributed by atoms with Gasteiger partial charge in [0.25, 0.3) is 5.91 Å². The van der Waals surface area contributed by atoms with Gasteiger partial charge in [0.1, 0.15) is 0 Å². The average molecular weight is 406 g/mol. The summed E-state index contributed by atoms with van der Waals surface area (Å²) in [4.78, 5) is 15.1. The molecule has 1 heterocycles. The molecule has 0 saturated heterocycles. The normalized spacial score (nSPS) is 15.2. The first-order chi connectivity index (χ1) is 13.5. The lowest BCUT2D eigenvalue weighted by atomic mass is 10.1. The molecule has 2 nitrogen and oxygen atoms in total. The third kappa shape index (κ3) is 3.49. The molecule has 0 bridgehead atoms. The average Bonchev–Trinajstić information content (AvgIpc) is 3.01. The van der Waals surface area contributed by atoms with Gasteiger partial charge in [-0.05, 0) is 54.0 Å². The van der Waals surface area contributed by atoms with Crippen LogP contribution in [0, 0.1) is 6.92 Å². The molecule has 0 fully saturated rings. The summed E-state index contributed by atoms with van der Waals surface area (Å²) >= 11 is 12.3. The second-order valence-corrected chi connectivity index (χ2v) is 7.43. The SMILES string of the molecule is Cc1ccccc1N1C(=O)/C(=C/c2ccc(Cl)cc2Cl)C=C1c1ccccc1. The molecule has 4 heteroatoms. The van der Waals surface area contributed by atoms with E-state index >= 15 is 0 Å². The van der Waals surface area contributed by atoms with Crippen LogP contribution in [0.1, 0.15) is 16.7 Å². The summed E-state index contributed by atoms with van der Waals surface area (Å²) in [6.45, 7) is 2.00. The Kier molecular flexibility index (Phi) is 5.08. The maximum Gasteiger partial charge on any atom is 0.262 e. The molecule has 1 amide bonds. The monoisotopic (exact) mass is 405 g/mol. The Balaban J connectivity index is 1.86. The summed E-state index contributed by atoms with van der Waals surface area (Å²) < 4.78 is 0. The lowest BCUT2D eigenvalue weighted by molar-refractivity contribution is -0.113. The van der Waals surface area contributed by atoms with E-state index in [2.05, 4.69) is 0 Å². The number of benzene rings is 3. The number of hydrogen-bond acceptors (Lipinski definition) is 1. The number of para-hydroxylation sites is 1. The van der Waals surface area contributed by atoms with Gasteiger partial charge in [-0.3, -0.25) is 9.69 Å². The Morgan fingerprint density at radius 3 is 2.32 bits per heavy atom. The quantitative estimate of drug-likeness (QED) is 0.440. The summed E-state index contributed by atoms with van der Waals surface area (Å²) in [6.07, 6.45) is 3.72. The third-order valence-electron chi connectivity index (χ3n) is 4.68. The highest BCUT2D eigenvalue weighted by molar-refractivity contribution is 6.35. The van der Waals surface area contributed by atoms with Crippen LogP contribution >= 0.6 is 23.2 Å². The molecule has 0 unspecified atom stereocenters. The van der Waals surface area contributed by atoms with Crippen molar-refractivity contribution < 1.29 is 4.79 Å². The zero-order valence-electron chi connectivity index (χ0n) is 15.2. The highest BCUT2D eigenvalue weighted by Crippen LogP contribution is 2.37. The van der Waals surface area contributed by atoms with Gasteiger partial charge in [-0.1, -0.05) is 77.8 Å². The predicted molar refractivity (Wildman–Crippen MR) is 118 cm³/mol. The Morgan fingerprint density at radius 2 is 1.61 bits per heavy atom. The zero-order valence-corrected chi connectivity index (χ0v) is 16.7. The molecule has 0 saturated carbocycles. The number of amides is 1. The molecule has 0 spiro atoms. The van der Waals surface area contributed by atoms with E-state index in [1.165, 1.54) is 0 Å². The number of hydrogen-bond donors (Lipinski definition) is 0. The smallest absolute Gasteiger partial charge is 0.262 e. The first kappa shape index (κ1) is 18.5. The van der Waals surface area contributed by atoms with Crippen molar-refractivity contribution in [1.82, 2.24) is 0 Å². The zero-order chi connectivity index (χ0) is 19.7. The fraction of sp³-hybridized carbons (Fsp3) is 0.0417. The van der Waals surface area contributed by atoms with E-state index in [0.29, 0.717) is 15.6 Å². The van der Waals surface area contributed by atoms with Crippen molar-refractivity contribution >= 4 is 46.6 Å². The van der Waals surface area contributed by atoms with Crippen molar-refractivity contribution in [1.29, 1.82) is 0 Å². The van der Waals surface area contributed by atoms with Crippen LogP contribution in [0.25, 0.3) is 11.8 Å². The van der Waals surface area contributed by atoms with E-state index in [1.807, 2.05) is 79.7 Å². The minimum atomic E-state index is -0.0841. The molecular formula is C24H17Cl2NO. The van der Waals surface area contributed by atoms with Crippen molar-refractivity contribution in [3.63, 3.8) is 0 Å². The standard InChI is InChI=1S/C24H17Cl2NO/c1-16-7-5-6-10-22(16)27-23(17-8-3-2-4-9-17)14-19(24(27)28)13-18-11-12-20(25)15-21(18)26/h2-15H,1H3/b19-13+. The van der Waals surface area contributed by atoms with Gasteiger partial charge < -0.3 is 0 Å². The van der Waals surface area contributed by atoms with E-state index in [9.17, 15) is 4.79 Å². The molecule has 1 aliphatic rings. The lowest BCUT2D eigenvalue weighted by Gasteiger charge is -2.22. The number of nitrogens with zero attached hydrogens (tertiary/aromatic N) is 1. The molecule has 28 heavy (non-hydrogen) atoms. The highest BCUT2D eigenvalue weighted by Gasteiger charge is 2.31. The van der Waals surface area contributed by atoms with Crippen molar-refractivity contribution in [2.75, 3.05) is 4.90 Å². The van der Waals surface area contributed by atoms with Crippen LogP contribution < -0.4 is 4.90 Å². The summed E-state index contributed by atoms with van der Waals surface area (Å²) in [7, 11) is 0. The summed E-state index contributed by atoms with van der Waals surface area (Å²) in [5.41, 5.74) is 5.05. The molecule has 4 rings (SSSR count). The Hall–Kier alpha value is -2.81. The summed E-state index contributed by atoms with van der Waals surface area (Å²) in [5, 5.41) is 1.07. The molecule has 0 radical (unpaired) electrons. The van der Waals surface area contributed by atoms with Crippen LogP contribution in [0.15, 0.2) is 84.4 Å². The van der Waals surface area contributed by atoms with Crippen molar-refractivity contribution in [3.05, 3.63) is 111 Å². The number of carbonyl (C=O) groups excluding carboxylic acids is 1. The summed E-state index contributed by atoms with van der Waals surface area (Å²) in [6, 6.07) is 23.0. The Labute approximate surface area is 174 Å². The number of anilines is 1. The third-order valence-corrected chi connectivity index (χ3v) is 5.25. The van der Waals surface area contributed by atoms with Gasteiger partial charge in [0.05, 0.1) is 11.4 Å². The van der Waals surface area contributed by atoms with Crippen LogP contribution in [0.4, 0.5) is 5.69 Å². The van der Waals surface area contributed by atoms with Crippen molar-refractivity contribution in [2.24, 2.45) is 0 Å². The molecule has 0 aromatic heterocycles. The van der Waals surface area contributed by atoms with Crippen molar-refractivity contribution in [3.8, 4) is 0 Å². The van der Waals surface area contributed by atoms with E-state index in [1.54, 1.807) is 17.0 Å². The number of rotatable bonds is 3. The second kappa shape index (κ2) is 7.67. The first-order valence-electron chi connectivity index (χ1n) is 8.88. The van der Waals surface area contributed by atoms with Crippen LogP contribution in [-0.2, 0) is 4.79 Å². The van der Waals surface area contributed by atoms with Gasteiger partial charge in [0, 0.05) is 15.6 Å². The fourth-order valence-corrected chi connectivity index (χ4v) is 3.74. The molecule has 0 atom stereocenters. The van der Waals surface area contributed by atoms with E-state index in [4.69, 9.17) is 23.2 Å². The van der Waals surface area contributed by atoms with Gasteiger partial charge in [-0.15, -0.1) is 0 Å². The fourth-order valence-electron chi connectivity index (χ4n) is 3.28. The number of aryl methyl sites for hydroxylation is 1. The second-order valence-electron chi connectivity index (χ2n) is 6.59. The van der Waals surface area contributed by atoms with E-state index in [0.717, 1.165) is 28.1 Å². The topological polar surface area (TPSA) is 20.3 Å². The van der Waals surface area contributed by atoms with Gasteiger partial charge >= 0.3 is 0 Å². The van der Waals surface area contributed by atoms with E-state index < -0.39 is 0 Å². The molecule has 3 aromatic carbocycles. The van der Waals surface area contributed by atoms with E-state index in [-0.39, 0.29) is 5.91 Å². The first-order valence-corrected chi connectivity index (χ1v) is 9.64. The molecule has 0 N–H and O–H groups in total. The van der Waals surface area contributed by atoms with Crippen molar-refractivity contribution in [2.45, 2.75) is 6.92 Å². The van der Waals surface area contributed by atoms with Gasteiger partial charge in [-0.2, -0.15) is 0 Å². The van der Waals surface area contributed by atoms with Crippen LogP contribution in [0.5, 0.6) is 0 Å². The maximum absolute atomic E-state index is 13.4. The lowest BCUT2D eigenvalue weighted by Crippen LogP contribution is -2.25. The molecular weight excluding hydrogens is 389 g/mol.